The molecule has 1 aromatic carbocycles. The summed E-state index contributed by atoms with van der Waals surface area (Å²) >= 11 is 0. The van der Waals surface area contributed by atoms with E-state index >= 15 is 0 Å². The molecule has 0 atom stereocenters. The van der Waals surface area contributed by atoms with Gasteiger partial charge in [0.1, 0.15) is 0 Å². The van der Waals surface area contributed by atoms with Crippen LogP contribution in [0.2, 0.25) is 0 Å². The van der Waals surface area contributed by atoms with Gasteiger partial charge in [-0.2, -0.15) is 0 Å². The SMILES string of the molecule is CCOCCCN=C(NN)Nc1ccc(OC)c(OC)c1. The molecular weight excluding hydrogens is 272 g/mol. The average molecular weight is 296 g/mol. The summed E-state index contributed by atoms with van der Waals surface area (Å²) < 4.78 is 15.7. The van der Waals surface area contributed by atoms with E-state index in [9.17, 15) is 0 Å². The molecule has 0 spiro atoms. The van der Waals surface area contributed by atoms with Gasteiger partial charge in [-0.25, -0.2) is 5.84 Å². The zero-order valence-electron chi connectivity index (χ0n) is 12.8. The summed E-state index contributed by atoms with van der Waals surface area (Å²) in [4.78, 5) is 4.32. The third kappa shape index (κ3) is 5.88. The van der Waals surface area contributed by atoms with Gasteiger partial charge < -0.3 is 19.5 Å². The van der Waals surface area contributed by atoms with Gasteiger partial charge in [0.05, 0.1) is 14.2 Å². The molecule has 7 nitrogen and oxygen atoms in total. The lowest BCUT2D eigenvalue weighted by atomic mass is 10.3. The van der Waals surface area contributed by atoms with E-state index in [1.54, 1.807) is 14.2 Å². The molecule has 0 radical (unpaired) electrons. The fourth-order valence-electron chi connectivity index (χ4n) is 1.67. The number of methoxy groups -OCH3 is 2. The highest BCUT2D eigenvalue weighted by Crippen LogP contribution is 2.29. The fraction of sp³-hybridized carbons (Fsp3) is 0.500. The van der Waals surface area contributed by atoms with E-state index in [1.165, 1.54) is 0 Å². The van der Waals surface area contributed by atoms with Crippen molar-refractivity contribution in [1.29, 1.82) is 0 Å². The van der Waals surface area contributed by atoms with Crippen LogP contribution in [-0.2, 0) is 4.74 Å². The second-order valence-electron chi connectivity index (χ2n) is 4.12. The highest BCUT2D eigenvalue weighted by molar-refractivity contribution is 5.93. The zero-order chi connectivity index (χ0) is 15.5. The van der Waals surface area contributed by atoms with Crippen molar-refractivity contribution in [1.82, 2.24) is 5.43 Å². The van der Waals surface area contributed by atoms with Crippen LogP contribution in [0.4, 0.5) is 5.69 Å². The Kier molecular flexibility index (Phi) is 8.00. The number of benzene rings is 1. The number of nitrogens with zero attached hydrogens (tertiary/aromatic N) is 1. The van der Waals surface area contributed by atoms with Gasteiger partial charge >= 0.3 is 0 Å². The highest BCUT2D eigenvalue weighted by Gasteiger charge is 2.05. The zero-order valence-corrected chi connectivity index (χ0v) is 12.8. The van der Waals surface area contributed by atoms with Crippen molar-refractivity contribution in [3.8, 4) is 11.5 Å². The molecule has 0 aliphatic heterocycles. The van der Waals surface area contributed by atoms with Crippen LogP contribution in [0.3, 0.4) is 0 Å². The average Bonchev–Trinajstić information content (AvgIpc) is 2.53. The lowest BCUT2D eigenvalue weighted by Gasteiger charge is -2.12. The first kappa shape index (κ1) is 17.1. The van der Waals surface area contributed by atoms with Crippen molar-refractivity contribution < 1.29 is 14.2 Å². The molecule has 4 N–H and O–H groups in total. The molecule has 0 fully saturated rings. The molecule has 21 heavy (non-hydrogen) atoms. The first-order valence-electron chi connectivity index (χ1n) is 6.83. The summed E-state index contributed by atoms with van der Waals surface area (Å²) in [5, 5.41) is 3.08. The van der Waals surface area contributed by atoms with E-state index in [-0.39, 0.29) is 0 Å². The molecule has 0 heterocycles. The monoisotopic (exact) mass is 296 g/mol. The van der Waals surface area contributed by atoms with E-state index < -0.39 is 0 Å². The Morgan fingerprint density at radius 3 is 2.62 bits per heavy atom. The molecule has 1 aromatic rings. The van der Waals surface area contributed by atoms with E-state index in [4.69, 9.17) is 20.1 Å². The maximum atomic E-state index is 5.46. The Morgan fingerprint density at radius 2 is 2.00 bits per heavy atom. The largest absolute Gasteiger partial charge is 0.493 e. The van der Waals surface area contributed by atoms with Crippen LogP contribution in [0.15, 0.2) is 23.2 Å². The number of hydrogen-bond donors (Lipinski definition) is 3. The number of hydrogen-bond acceptors (Lipinski definition) is 5. The number of nitrogens with one attached hydrogen (secondary N) is 2. The van der Waals surface area contributed by atoms with Crippen molar-refractivity contribution in [3.05, 3.63) is 18.2 Å². The van der Waals surface area contributed by atoms with Crippen molar-refractivity contribution in [3.63, 3.8) is 0 Å². The molecule has 0 bridgehead atoms. The van der Waals surface area contributed by atoms with Crippen molar-refractivity contribution in [2.75, 3.05) is 39.3 Å². The standard InChI is InChI=1S/C14H24N4O3/c1-4-21-9-5-8-16-14(18-15)17-11-6-7-12(19-2)13(10-11)20-3/h6-7,10H,4-5,8-9,15H2,1-3H3,(H2,16,17,18). The fourth-order valence-corrected chi connectivity index (χ4v) is 1.67. The van der Waals surface area contributed by atoms with E-state index in [0.717, 1.165) is 18.7 Å². The Hall–Kier alpha value is -1.99. The van der Waals surface area contributed by atoms with Crippen LogP contribution in [0.5, 0.6) is 11.5 Å². The van der Waals surface area contributed by atoms with E-state index in [2.05, 4.69) is 15.7 Å². The van der Waals surface area contributed by atoms with Crippen LogP contribution in [0.1, 0.15) is 13.3 Å². The Labute approximate surface area is 125 Å². The van der Waals surface area contributed by atoms with E-state index in [1.807, 2.05) is 25.1 Å². The molecule has 0 aromatic heterocycles. The second-order valence-corrected chi connectivity index (χ2v) is 4.12. The van der Waals surface area contributed by atoms with Crippen LogP contribution in [0.25, 0.3) is 0 Å². The molecule has 0 amide bonds. The molecule has 0 aliphatic carbocycles. The lowest BCUT2D eigenvalue weighted by molar-refractivity contribution is 0.146. The minimum atomic E-state index is 0.485. The quantitative estimate of drug-likeness (QED) is 0.221. The number of aliphatic imine (C=N–C) groups is 1. The number of hydrazine groups is 1. The number of rotatable bonds is 8. The van der Waals surface area contributed by atoms with Crippen molar-refractivity contribution >= 4 is 11.6 Å². The van der Waals surface area contributed by atoms with Crippen LogP contribution in [-0.4, -0.2) is 39.9 Å². The summed E-state index contributed by atoms with van der Waals surface area (Å²) in [5.41, 5.74) is 3.33. The highest BCUT2D eigenvalue weighted by atomic mass is 16.5. The van der Waals surface area contributed by atoms with E-state index in [0.29, 0.717) is 30.6 Å². The number of ether oxygens (including phenoxy) is 3. The van der Waals surface area contributed by atoms with Gasteiger partial charge in [-0.05, 0) is 25.5 Å². The normalized spacial score (nSPS) is 11.1. The van der Waals surface area contributed by atoms with Gasteiger partial charge in [0.25, 0.3) is 0 Å². The minimum absolute atomic E-state index is 0.485. The predicted octanol–water partition coefficient (Wildman–Crippen LogP) is 1.36. The van der Waals surface area contributed by atoms with Crippen LogP contribution >= 0.6 is 0 Å². The summed E-state index contributed by atoms with van der Waals surface area (Å²) in [6.07, 6.45) is 0.840. The van der Waals surface area contributed by atoms with Crippen molar-refractivity contribution in [2.45, 2.75) is 13.3 Å². The first-order valence-corrected chi connectivity index (χ1v) is 6.83. The topological polar surface area (TPSA) is 90.1 Å². The third-order valence-corrected chi connectivity index (χ3v) is 2.70. The van der Waals surface area contributed by atoms with Crippen LogP contribution in [0, 0.1) is 0 Å². The summed E-state index contributed by atoms with van der Waals surface area (Å²) in [6, 6.07) is 5.48. The first-order chi connectivity index (χ1) is 10.2. The molecule has 1 rings (SSSR count). The summed E-state index contributed by atoms with van der Waals surface area (Å²) in [6.45, 7) is 4.00. The van der Waals surface area contributed by atoms with Crippen molar-refractivity contribution in [2.24, 2.45) is 10.8 Å². The lowest BCUT2D eigenvalue weighted by Crippen LogP contribution is -2.36. The molecule has 0 unspecified atom stereocenters. The smallest absolute Gasteiger partial charge is 0.210 e. The third-order valence-electron chi connectivity index (χ3n) is 2.70. The maximum Gasteiger partial charge on any atom is 0.210 e. The predicted molar refractivity (Wildman–Crippen MR) is 83.9 cm³/mol. The van der Waals surface area contributed by atoms with Gasteiger partial charge in [-0.3, -0.25) is 10.4 Å². The Bertz CT molecular complexity index is 452. The number of guanidine groups is 1. The Morgan fingerprint density at radius 1 is 1.24 bits per heavy atom. The molecule has 0 saturated heterocycles. The van der Waals surface area contributed by atoms with Gasteiger partial charge in [-0.1, -0.05) is 0 Å². The molecule has 0 aliphatic rings. The Balaban J connectivity index is 2.62. The van der Waals surface area contributed by atoms with Gasteiger partial charge in [0, 0.05) is 31.5 Å². The molecule has 118 valence electrons. The maximum absolute atomic E-state index is 5.46. The van der Waals surface area contributed by atoms with Gasteiger partial charge in [0.15, 0.2) is 11.5 Å². The second kappa shape index (κ2) is 9.84. The number of anilines is 1. The summed E-state index contributed by atoms with van der Waals surface area (Å²) in [5.74, 6) is 7.24. The number of nitrogens with two attached hydrogens (primary N) is 1. The van der Waals surface area contributed by atoms with Gasteiger partial charge in [0.2, 0.25) is 5.96 Å². The molecular formula is C14H24N4O3. The molecule has 7 heteroatoms. The summed E-state index contributed by atoms with van der Waals surface area (Å²) in [7, 11) is 3.18. The minimum Gasteiger partial charge on any atom is -0.493 e. The van der Waals surface area contributed by atoms with Crippen LogP contribution < -0.4 is 26.1 Å². The molecule has 0 saturated carbocycles. The van der Waals surface area contributed by atoms with Gasteiger partial charge in [-0.15, -0.1) is 0 Å².